The van der Waals surface area contributed by atoms with Gasteiger partial charge in [-0.3, -0.25) is 4.79 Å². The van der Waals surface area contributed by atoms with Gasteiger partial charge in [-0.2, -0.15) is 0 Å². The van der Waals surface area contributed by atoms with E-state index in [1.807, 2.05) is 12.1 Å². The summed E-state index contributed by atoms with van der Waals surface area (Å²) in [5.74, 6) is -0.148. The van der Waals surface area contributed by atoms with Crippen LogP contribution in [0.5, 0.6) is 0 Å². The molecule has 0 atom stereocenters. The first-order chi connectivity index (χ1) is 11.0. The number of nitrogens with zero attached hydrogens (tertiary/aromatic N) is 1. The number of carbonyl (C=O) groups excluding carboxylic acids is 2. The van der Waals surface area contributed by atoms with Crippen molar-refractivity contribution in [2.75, 3.05) is 4.90 Å². The average Bonchev–Trinajstić information content (AvgIpc) is 3.32. The van der Waals surface area contributed by atoms with E-state index in [4.69, 9.17) is 28.9 Å². The first-order valence-corrected chi connectivity index (χ1v) is 7.92. The van der Waals surface area contributed by atoms with Crippen LogP contribution in [0, 0.1) is 0 Å². The third-order valence-electron chi connectivity index (χ3n) is 3.78. The second kappa shape index (κ2) is 6.22. The minimum Gasteiger partial charge on any atom is -0.351 e. The highest BCUT2D eigenvalue weighted by atomic mass is 35.5. The Balaban J connectivity index is 2.03. The molecule has 2 N–H and O–H groups in total. The smallest absolute Gasteiger partial charge is 0.326 e. The maximum absolute atomic E-state index is 12.8. The molecule has 0 spiro atoms. The third-order valence-corrected chi connectivity index (χ3v) is 4.41. The Morgan fingerprint density at radius 3 is 2.22 bits per heavy atom. The molecule has 1 aliphatic carbocycles. The van der Waals surface area contributed by atoms with Gasteiger partial charge < -0.3 is 5.73 Å². The van der Waals surface area contributed by atoms with E-state index in [1.165, 1.54) is 0 Å². The molecule has 1 fully saturated rings. The lowest BCUT2D eigenvalue weighted by atomic mass is 10.1. The zero-order valence-corrected chi connectivity index (χ0v) is 13.6. The maximum atomic E-state index is 12.8. The molecule has 3 rings (SSSR count). The van der Waals surface area contributed by atoms with Crippen LogP contribution in [-0.2, 0) is 0 Å². The molecule has 4 nitrogen and oxygen atoms in total. The Morgan fingerprint density at radius 1 is 1.04 bits per heavy atom. The summed E-state index contributed by atoms with van der Waals surface area (Å²) < 4.78 is 0. The first-order valence-electron chi connectivity index (χ1n) is 7.17. The zero-order chi connectivity index (χ0) is 16.6. The number of amides is 3. The molecule has 23 heavy (non-hydrogen) atoms. The lowest BCUT2D eigenvalue weighted by Gasteiger charge is -2.20. The van der Waals surface area contributed by atoms with Gasteiger partial charge in [-0.25, -0.2) is 9.69 Å². The van der Waals surface area contributed by atoms with Gasteiger partial charge in [-0.05, 0) is 48.6 Å². The number of carbonyl (C=O) groups is 2. The summed E-state index contributed by atoms with van der Waals surface area (Å²) in [6.45, 7) is 0. The maximum Gasteiger partial charge on any atom is 0.326 e. The molecule has 0 aromatic heterocycles. The first kappa shape index (κ1) is 15.8. The second-order valence-corrected chi connectivity index (χ2v) is 6.26. The summed E-state index contributed by atoms with van der Waals surface area (Å²) >= 11 is 12.1. The van der Waals surface area contributed by atoms with E-state index in [0.29, 0.717) is 11.6 Å². The molecule has 1 aliphatic rings. The fourth-order valence-electron chi connectivity index (χ4n) is 2.49. The molecule has 0 saturated heterocycles. The van der Waals surface area contributed by atoms with E-state index in [2.05, 4.69) is 0 Å². The molecule has 0 bridgehead atoms. The lowest BCUT2D eigenvalue weighted by molar-refractivity contribution is 0.0995. The number of rotatable bonds is 3. The quantitative estimate of drug-likeness (QED) is 0.880. The highest BCUT2D eigenvalue weighted by molar-refractivity contribution is 6.41. The van der Waals surface area contributed by atoms with Crippen LogP contribution in [0.3, 0.4) is 0 Å². The van der Waals surface area contributed by atoms with Gasteiger partial charge >= 0.3 is 6.03 Å². The number of hydrogen-bond acceptors (Lipinski definition) is 2. The van der Waals surface area contributed by atoms with Gasteiger partial charge in [-0.1, -0.05) is 41.4 Å². The molecule has 6 heteroatoms. The van der Waals surface area contributed by atoms with Crippen molar-refractivity contribution in [3.05, 3.63) is 63.6 Å². The van der Waals surface area contributed by atoms with Gasteiger partial charge in [0, 0.05) is 0 Å². The van der Waals surface area contributed by atoms with Gasteiger partial charge in [0.05, 0.1) is 21.3 Å². The van der Waals surface area contributed by atoms with Crippen molar-refractivity contribution in [2.24, 2.45) is 5.73 Å². The van der Waals surface area contributed by atoms with Crippen LogP contribution in [0.25, 0.3) is 0 Å². The SMILES string of the molecule is NC(=O)N(C(=O)c1c(Cl)cccc1Cl)c1cccc(C2CC2)c1. The molecule has 0 unspecified atom stereocenters. The van der Waals surface area contributed by atoms with Gasteiger partial charge in [0.15, 0.2) is 0 Å². The summed E-state index contributed by atoms with van der Waals surface area (Å²) in [6.07, 6.45) is 2.23. The highest BCUT2D eigenvalue weighted by Crippen LogP contribution is 2.41. The van der Waals surface area contributed by atoms with Crippen LogP contribution in [0.15, 0.2) is 42.5 Å². The normalized spacial score (nSPS) is 13.7. The monoisotopic (exact) mass is 348 g/mol. The van der Waals surface area contributed by atoms with Gasteiger partial charge in [0.25, 0.3) is 5.91 Å². The summed E-state index contributed by atoms with van der Waals surface area (Å²) in [5.41, 5.74) is 7.00. The number of nitrogens with two attached hydrogens (primary N) is 1. The minimum absolute atomic E-state index is 0.0615. The lowest BCUT2D eigenvalue weighted by Crippen LogP contribution is -2.41. The number of urea groups is 1. The topological polar surface area (TPSA) is 63.4 Å². The van der Waals surface area contributed by atoms with Crippen LogP contribution in [0.1, 0.15) is 34.7 Å². The molecule has 3 amide bonds. The standard InChI is InChI=1S/C17H14Cl2N2O2/c18-13-5-2-6-14(19)15(13)16(22)21(17(20)23)12-4-1-3-11(9-12)10-7-8-10/h1-6,9-10H,7-8H2,(H2,20,23). The van der Waals surface area contributed by atoms with Gasteiger partial charge in [-0.15, -0.1) is 0 Å². The van der Waals surface area contributed by atoms with Crippen molar-refractivity contribution in [1.82, 2.24) is 0 Å². The Labute approximate surface area is 143 Å². The van der Waals surface area contributed by atoms with Crippen molar-refractivity contribution in [2.45, 2.75) is 18.8 Å². The molecular formula is C17H14Cl2N2O2. The van der Waals surface area contributed by atoms with Crippen LogP contribution in [0.2, 0.25) is 10.0 Å². The number of halogens is 2. The van der Waals surface area contributed by atoms with Crippen molar-refractivity contribution < 1.29 is 9.59 Å². The molecular weight excluding hydrogens is 335 g/mol. The number of primary amides is 1. The summed E-state index contributed by atoms with van der Waals surface area (Å²) in [5, 5.41) is 0.346. The van der Waals surface area contributed by atoms with Crippen LogP contribution in [-0.4, -0.2) is 11.9 Å². The number of hydrogen-bond donors (Lipinski definition) is 1. The Kier molecular flexibility index (Phi) is 4.28. The molecule has 0 aliphatic heterocycles. The van der Waals surface area contributed by atoms with E-state index in [0.717, 1.165) is 23.3 Å². The van der Waals surface area contributed by atoms with E-state index in [1.54, 1.807) is 30.3 Å². The predicted molar refractivity (Wildman–Crippen MR) is 91.3 cm³/mol. The molecule has 1 saturated carbocycles. The number of benzene rings is 2. The summed E-state index contributed by atoms with van der Waals surface area (Å²) in [7, 11) is 0. The fraction of sp³-hybridized carbons (Fsp3) is 0.176. The average molecular weight is 349 g/mol. The largest absolute Gasteiger partial charge is 0.351 e. The van der Waals surface area contributed by atoms with E-state index < -0.39 is 11.9 Å². The van der Waals surface area contributed by atoms with Crippen molar-refractivity contribution in [3.63, 3.8) is 0 Å². The number of anilines is 1. The van der Waals surface area contributed by atoms with Crippen LogP contribution in [0.4, 0.5) is 10.5 Å². The Morgan fingerprint density at radius 2 is 1.65 bits per heavy atom. The number of imide groups is 1. The Bertz CT molecular complexity index is 768. The highest BCUT2D eigenvalue weighted by Gasteiger charge is 2.29. The third kappa shape index (κ3) is 3.19. The van der Waals surface area contributed by atoms with Gasteiger partial charge in [0.1, 0.15) is 0 Å². The van der Waals surface area contributed by atoms with Crippen molar-refractivity contribution >= 4 is 40.8 Å². The van der Waals surface area contributed by atoms with Crippen molar-refractivity contribution in [1.29, 1.82) is 0 Å². The van der Waals surface area contributed by atoms with Gasteiger partial charge in [0.2, 0.25) is 0 Å². The fourth-order valence-corrected chi connectivity index (χ4v) is 3.05. The van der Waals surface area contributed by atoms with Crippen LogP contribution >= 0.6 is 23.2 Å². The predicted octanol–water partition coefficient (Wildman–Crippen LogP) is 4.60. The molecule has 2 aromatic rings. The second-order valence-electron chi connectivity index (χ2n) is 5.44. The van der Waals surface area contributed by atoms with E-state index in [9.17, 15) is 9.59 Å². The molecule has 0 radical (unpaired) electrons. The van der Waals surface area contributed by atoms with Crippen LogP contribution < -0.4 is 10.6 Å². The summed E-state index contributed by atoms with van der Waals surface area (Å²) in [6, 6.07) is 11.1. The summed E-state index contributed by atoms with van der Waals surface area (Å²) in [4.78, 5) is 25.6. The minimum atomic E-state index is -0.876. The van der Waals surface area contributed by atoms with Crippen molar-refractivity contribution in [3.8, 4) is 0 Å². The zero-order valence-electron chi connectivity index (χ0n) is 12.1. The van der Waals surface area contributed by atoms with E-state index in [-0.39, 0.29) is 15.6 Å². The van der Waals surface area contributed by atoms with E-state index >= 15 is 0 Å². The molecule has 118 valence electrons. The Hall–Kier alpha value is -2.04. The molecule has 2 aromatic carbocycles. The molecule has 0 heterocycles.